The molecule has 4 nitrogen and oxygen atoms in total. The smallest absolute Gasteiger partial charge is 0.306 e. The van der Waals surface area contributed by atoms with Crippen molar-refractivity contribution in [2.45, 2.75) is 45.1 Å². The first-order valence-corrected chi connectivity index (χ1v) is 5.13. The van der Waals surface area contributed by atoms with Crippen molar-refractivity contribution in [2.75, 3.05) is 6.61 Å². The van der Waals surface area contributed by atoms with E-state index in [1.165, 1.54) is 0 Å². The van der Waals surface area contributed by atoms with Gasteiger partial charge in [-0.05, 0) is 19.3 Å². The monoisotopic (exact) mass is 204 g/mol. The van der Waals surface area contributed by atoms with Crippen LogP contribution in [0.5, 0.6) is 0 Å². The molecule has 0 aliphatic heterocycles. The van der Waals surface area contributed by atoms with Crippen LogP contribution in [0, 0.1) is 5.92 Å². The quantitative estimate of drug-likeness (QED) is 0.551. The van der Waals surface area contributed by atoms with Gasteiger partial charge in [-0.2, -0.15) is 0 Å². The maximum Gasteiger partial charge on any atom is 0.306 e. The highest BCUT2D eigenvalue weighted by Crippen LogP contribution is 2.16. The second-order valence-corrected chi connectivity index (χ2v) is 3.59. The number of carboxylic acid groups (broad SMARTS) is 1. The number of hydrogen-bond donors (Lipinski definition) is 3. The highest BCUT2D eigenvalue weighted by molar-refractivity contribution is 5.69. The van der Waals surface area contributed by atoms with E-state index >= 15 is 0 Å². The highest BCUT2D eigenvalue weighted by atomic mass is 16.4. The van der Waals surface area contributed by atoms with Gasteiger partial charge in [0.15, 0.2) is 0 Å². The molecule has 0 aliphatic carbocycles. The second kappa shape index (κ2) is 7.76. The summed E-state index contributed by atoms with van der Waals surface area (Å²) in [6, 6.07) is 0. The van der Waals surface area contributed by atoms with Crippen LogP contribution in [-0.2, 0) is 4.79 Å². The van der Waals surface area contributed by atoms with Crippen molar-refractivity contribution in [3.8, 4) is 0 Å². The summed E-state index contributed by atoms with van der Waals surface area (Å²) in [4.78, 5) is 10.8. The first-order valence-electron chi connectivity index (χ1n) is 5.13. The molecule has 0 aromatic heterocycles. The molecule has 0 aromatic rings. The number of aliphatic hydroxyl groups is 2. The Labute approximate surface area is 84.6 Å². The molecule has 4 heteroatoms. The lowest BCUT2D eigenvalue weighted by molar-refractivity contribution is -0.142. The fourth-order valence-corrected chi connectivity index (χ4v) is 1.33. The number of carboxylic acids is 1. The SMILES string of the molecule is CCCCC(CCC(O)CO)C(=O)O. The Hall–Kier alpha value is -0.610. The van der Waals surface area contributed by atoms with Crippen LogP contribution in [0.25, 0.3) is 0 Å². The number of unbranched alkanes of at least 4 members (excludes halogenated alkanes) is 1. The highest BCUT2D eigenvalue weighted by Gasteiger charge is 2.17. The molecule has 0 fully saturated rings. The zero-order chi connectivity index (χ0) is 11.0. The third-order valence-corrected chi connectivity index (χ3v) is 2.31. The van der Waals surface area contributed by atoms with Gasteiger partial charge in [0.25, 0.3) is 0 Å². The van der Waals surface area contributed by atoms with E-state index < -0.39 is 12.1 Å². The van der Waals surface area contributed by atoms with Crippen molar-refractivity contribution in [2.24, 2.45) is 5.92 Å². The minimum absolute atomic E-state index is 0.292. The van der Waals surface area contributed by atoms with E-state index in [4.69, 9.17) is 15.3 Å². The molecule has 2 unspecified atom stereocenters. The number of carbonyl (C=O) groups is 1. The molecule has 0 saturated heterocycles. The molecule has 0 amide bonds. The van der Waals surface area contributed by atoms with E-state index in [-0.39, 0.29) is 12.5 Å². The molecule has 0 aromatic carbocycles. The van der Waals surface area contributed by atoms with Gasteiger partial charge in [-0.25, -0.2) is 0 Å². The van der Waals surface area contributed by atoms with Crippen LogP contribution in [0.1, 0.15) is 39.0 Å². The Balaban J connectivity index is 3.79. The average molecular weight is 204 g/mol. The van der Waals surface area contributed by atoms with E-state index in [9.17, 15) is 4.79 Å². The number of aliphatic hydroxyl groups excluding tert-OH is 2. The number of aliphatic carboxylic acids is 1. The normalized spacial score (nSPS) is 15.1. The molecule has 0 rings (SSSR count). The van der Waals surface area contributed by atoms with Crippen molar-refractivity contribution in [1.29, 1.82) is 0 Å². The van der Waals surface area contributed by atoms with E-state index in [1.807, 2.05) is 6.92 Å². The van der Waals surface area contributed by atoms with Gasteiger partial charge >= 0.3 is 5.97 Å². The summed E-state index contributed by atoms with van der Waals surface area (Å²) in [6.07, 6.45) is 2.55. The van der Waals surface area contributed by atoms with Crippen molar-refractivity contribution in [3.63, 3.8) is 0 Å². The molecule has 0 aliphatic rings. The summed E-state index contributed by atoms with van der Waals surface area (Å²) >= 11 is 0. The van der Waals surface area contributed by atoms with E-state index in [2.05, 4.69) is 0 Å². The van der Waals surface area contributed by atoms with Crippen LogP contribution in [0.2, 0.25) is 0 Å². The van der Waals surface area contributed by atoms with Gasteiger partial charge in [0.1, 0.15) is 0 Å². The van der Waals surface area contributed by atoms with Gasteiger partial charge in [0.05, 0.1) is 18.6 Å². The lowest BCUT2D eigenvalue weighted by atomic mass is 9.95. The van der Waals surface area contributed by atoms with Crippen LogP contribution >= 0.6 is 0 Å². The third kappa shape index (κ3) is 5.94. The fourth-order valence-electron chi connectivity index (χ4n) is 1.33. The van der Waals surface area contributed by atoms with Gasteiger partial charge in [-0.1, -0.05) is 19.8 Å². The summed E-state index contributed by atoms with van der Waals surface area (Å²) in [7, 11) is 0. The molecule has 14 heavy (non-hydrogen) atoms. The lowest BCUT2D eigenvalue weighted by Gasteiger charge is -2.13. The maximum atomic E-state index is 10.8. The summed E-state index contributed by atoms with van der Waals surface area (Å²) in [5.41, 5.74) is 0. The molecule has 0 heterocycles. The molecule has 84 valence electrons. The summed E-state index contributed by atoms with van der Waals surface area (Å²) in [5, 5.41) is 26.5. The third-order valence-electron chi connectivity index (χ3n) is 2.31. The minimum atomic E-state index is -0.802. The fraction of sp³-hybridized carbons (Fsp3) is 0.900. The van der Waals surface area contributed by atoms with Gasteiger partial charge in [0.2, 0.25) is 0 Å². The largest absolute Gasteiger partial charge is 0.481 e. The molecule has 0 spiro atoms. The van der Waals surface area contributed by atoms with Crippen molar-refractivity contribution < 1.29 is 20.1 Å². The van der Waals surface area contributed by atoms with Gasteiger partial charge in [0, 0.05) is 0 Å². The van der Waals surface area contributed by atoms with Crippen molar-refractivity contribution in [3.05, 3.63) is 0 Å². The Morgan fingerprint density at radius 2 is 1.93 bits per heavy atom. The summed E-state index contributed by atoms with van der Waals surface area (Å²) in [5.74, 6) is -1.18. The first kappa shape index (κ1) is 13.4. The maximum absolute atomic E-state index is 10.8. The average Bonchev–Trinajstić information content (AvgIpc) is 2.16. The molecule has 2 atom stereocenters. The molecule has 3 N–H and O–H groups in total. The predicted molar refractivity (Wildman–Crippen MR) is 53.0 cm³/mol. The number of hydrogen-bond acceptors (Lipinski definition) is 3. The molecule has 0 bridgehead atoms. The topological polar surface area (TPSA) is 77.8 Å². The van der Waals surface area contributed by atoms with Gasteiger partial charge in [-0.3, -0.25) is 4.79 Å². The van der Waals surface area contributed by atoms with Crippen LogP contribution in [0.3, 0.4) is 0 Å². The Kier molecular flexibility index (Phi) is 7.42. The summed E-state index contributed by atoms with van der Waals surface area (Å²) in [6.45, 7) is 1.72. The predicted octanol–water partition coefficient (Wildman–Crippen LogP) is 1.01. The van der Waals surface area contributed by atoms with Crippen LogP contribution in [0.4, 0.5) is 0 Å². The van der Waals surface area contributed by atoms with Crippen LogP contribution in [-0.4, -0.2) is 34.0 Å². The standard InChI is InChI=1S/C10H20O4/c1-2-3-4-8(10(13)14)5-6-9(12)7-11/h8-9,11-12H,2-7H2,1H3,(H,13,14). The van der Waals surface area contributed by atoms with Crippen LogP contribution < -0.4 is 0 Å². The number of rotatable bonds is 8. The van der Waals surface area contributed by atoms with Gasteiger partial charge in [-0.15, -0.1) is 0 Å². The minimum Gasteiger partial charge on any atom is -0.481 e. The summed E-state index contributed by atoms with van der Waals surface area (Å²) < 4.78 is 0. The van der Waals surface area contributed by atoms with Crippen LogP contribution in [0.15, 0.2) is 0 Å². The Morgan fingerprint density at radius 1 is 1.29 bits per heavy atom. The molecular formula is C10H20O4. The van der Waals surface area contributed by atoms with Gasteiger partial charge < -0.3 is 15.3 Å². The lowest BCUT2D eigenvalue weighted by Crippen LogP contribution is -2.18. The molecule has 0 radical (unpaired) electrons. The Morgan fingerprint density at radius 3 is 2.36 bits per heavy atom. The second-order valence-electron chi connectivity index (χ2n) is 3.59. The molecular weight excluding hydrogens is 184 g/mol. The zero-order valence-electron chi connectivity index (χ0n) is 8.65. The Bertz CT molecular complexity index is 158. The van der Waals surface area contributed by atoms with E-state index in [0.717, 1.165) is 12.8 Å². The van der Waals surface area contributed by atoms with E-state index in [1.54, 1.807) is 0 Å². The first-order chi connectivity index (χ1) is 6.61. The van der Waals surface area contributed by atoms with E-state index in [0.29, 0.717) is 19.3 Å². The zero-order valence-corrected chi connectivity index (χ0v) is 8.65. The van der Waals surface area contributed by atoms with Crippen molar-refractivity contribution >= 4 is 5.97 Å². The van der Waals surface area contributed by atoms with Crippen molar-refractivity contribution in [1.82, 2.24) is 0 Å². The molecule has 0 saturated carbocycles.